The fraction of sp³-hybridized carbons (Fsp3) is 0.625. The van der Waals surface area contributed by atoms with Crippen LogP contribution in [0.4, 0.5) is 0 Å². The van der Waals surface area contributed by atoms with Gasteiger partial charge >= 0.3 is 0 Å². The summed E-state index contributed by atoms with van der Waals surface area (Å²) in [5, 5.41) is 0. The first-order valence-electron chi connectivity index (χ1n) is 3.89. The van der Waals surface area contributed by atoms with Gasteiger partial charge in [0.05, 0.1) is 24.6 Å². The Bertz CT molecular complexity index is 258. The summed E-state index contributed by atoms with van der Waals surface area (Å²) in [5.74, 6) is 0. The van der Waals surface area contributed by atoms with Crippen LogP contribution in [0.3, 0.4) is 0 Å². The van der Waals surface area contributed by atoms with Crippen LogP contribution in [0, 0.1) is 0 Å². The third-order valence-electron chi connectivity index (χ3n) is 1.59. The highest BCUT2D eigenvalue weighted by Gasteiger charge is 2.03. The molecule has 1 rings (SSSR count). The van der Waals surface area contributed by atoms with Crippen molar-refractivity contribution in [1.29, 1.82) is 0 Å². The van der Waals surface area contributed by atoms with E-state index in [4.69, 9.17) is 4.74 Å². The van der Waals surface area contributed by atoms with Gasteiger partial charge in [0, 0.05) is 7.05 Å². The van der Waals surface area contributed by atoms with Crippen LogP contribution in [0.25, 0.3) is 0 Å². The molecular weight excluding hydrogens is 220 g/mol. The summed E-state index contributed by atoms with van der Waals surface area (Å²) < 4.78 is 8.24. The van der Waals surface area contributed by atoms with Crippen LogP contribution < -0.4 is 0 Å². The van der Waals surface area contributed by atoms with E-state index in [1.165, 1.54) is 0 Å². The summed E-state index contributed by atoms with van der Waals surface area (Å²) >= 11 is 3.32. The van der Waals surface area contributed by atoms with Gasteiger partial charge in [0.1, 0.15) is 0 Å². The fourth-order valence-electron chi connectivity index (χ4n) is 0.806. The van der Waals surface area contributed by atoms with E-state index >= 15 is 0 Å². The molecule has 0 N–H and O–H groups in total. The van der Waals surface area contributed by atoms with Crippen molar-refractivity contribution in [1.82, 2.24) is 9.55 Å². The minimum absolute atomic E-state index is 0.263. The number of ether oxygens (including phenoxy) is 1. The Labute approximate surface area is 80.9 Å². The maximum Gasteiger partial charge on any atom is 0.177 e. The van der Waals surface area contributed by atoms with Crippen molar-refractivity contribution in [2.45, 2.75) is 26.6 Å². The molecule has 0 aliphatic rings. The lowest BCUT2D eigenvalue weighted by Crippen LogP contribution is -2.05. The van der Waals surface area contributed by atoms with Gasteiger partial charge in [0.25, 0.3) is 0 Å². The van der Waals surface area contributed by atoms with Gasteiger partial charge in [0.2, 0.25) is 0 Å². The molecule has 1 aromatic rings. The molecule has 0 fully saturated rings. The molecule has 0 bridgehead atoms. The second-order valence-corrected chi connectivity index (χ2v) is 3.65. The number of hydrogen-bond donors (Lipinski definition) is 0. The van der Waals surface area contributed by atoms with E-state index < -0.39 is 0 Å². The number of aromatic nitrogens is 2. The number of halogens is 1. The minimum atomic E-state index is 0.263. The molecule has 0 amide bonds. The quantitative estimate of drug-likeness (QED) is 0.799. The zero-order chi connectivity index (χ0) is 9.14. The van der Waals surface area contributed by atoms with Gasteiger partial charge in [-0.15, -0.1) is 0 Å². The Morgan fingerprint density at radius 2 is 2.33 bits per heavy atom. The molecule has 0 aromatic carbocycles. The van der Waals surface area contributed by atoms with Gasteiger partial charge in [-0.1, -0.05) is 0 Å². The third kappa shape index (κ3) is 2.32. The van der Waals surface area contributed by atoms with Crippen LogP contribution >= 0.6 is 15.9 Å². The summed E-state index contributed by atoms with van der Waals surface area (Å²) in [7, 11) is 1.95. The van der Waals surface area contributed by atoms with Crippen LogP contribution in [0.1, 0.15) is 19.5 Å². The maximum atomic E-state index is 5.44. The molecule has 0 radical (unpaired) electrons. The monoisotopic (exact) mass is 232 g/mol. The Morgan fingerprint density at radius 3 is 2.75 bits per heavy atom. The van der Waals surface area contributed by atoms with E-state index in [1.54, 1.807) is 0 Å². The molecule has 0 saturated heterocycles. The lowest BCUT2D eigenvalue weighted by atomic mass is 10.4. The summed E-state index contributed by atoms with van der Waals surface area (Å²) in [6.07, 6.45) is 2.07. The Balaban J connectivity index is 2.58. The van der Waals surface area contributed by atoms with Crippen LogP contribution in [0.2, 0.25) is 0 Å². The van der Waals surface area contributed by atoms with Crippen molar-refractivity contribution >= 4 is 15.9 Å². The number of hydrogen-bond acceptors (Lipinski definition) is 2. The van der Waals surface area contributed by atoms with Crippen LogP contribution in [-0.2, 0) is 18.4 Å². The average molecular weight is 233 g/mol. The fourth-order valence-corrected chi connectivity index (χ4v) is 1.14. The molecule has 3 nitrogen and oxygen atoms in total. The highest BCUT2D eigenvalue weighted by atomic mass is 79.9. The molecule has 0 aliphatic heterocycles. The van der Waals surface area contributed by atoms with E-state index in [2.05, 4.69) is 20.9 Å². The lowest BCUT2D eigenvalue weighted by molar-refractivity contribution is 0.0621. The second kappa shape index (κ2) is 4.05. The van der Waals surface area contributed by atoms with Crippen molar-refractivity contribution in [3.63, 3.8) is 0 Å². The van der Waals surface area contributed by atoms with Crippen LogP contribution in [-0.4, -0.2) is 15.7 Å². The number of imidazole rings is 1. The first kappa shape index (κ1) is 9.74. The lowest BCUT2D eigenvalue weighted by Gasteiger charge is -2.07. The number of nitrogens with zero attached hydrogens (tertiary/aromatic N) is 2. The Hall–Kier alpha value is -0.350. The molecule has 0 aliphatic carbocycles. The zero-order valence-corrected chi connectivity index (χ0v) is 9.13. The normalized spacial score (nSPS) is 11.1. The van der Waals surface area contributed by atoms with Gasteiger partial charge in [-0.3, -0.25) is 0 Å². The van der Waals surface area contributed by atoms with Crippen LogP contribution in [0.5, 0.6) is 0 Å². The molecular formula is C8H13BrN2O. The molecule has 0 atom stereocenters. The first-order chi connectivity index (χ1) is 5.61. The molecule has 0 spiro atoms. The first-order valence-corrected chi connectivity index (χ1v) is 4.68. The highest BCUT2D eigenvalue weighted by Crippen LogP contribution is 2.10. The molecule has 0 unspecified atom stereocenters. The van der Waals surface area contributed by atoms with Gasteiger partial charge in [-0.2, -0.15) is 0 Å². The predicted octanol–water partition coefficient (Wildman–Crippen LogP) is 2.11. The van der Waals surface area contributed by atoms with Crippen LogP contribution in [0.15, 0.2) is 10.9 Å². The molecule has 1 heterocycles. The van der Waals surface area contributed by atoms with E-state index in [1.807, 2.05) is 31.7 Å². The Morgan fingerprint density at radius 1 is 1.67 bits per heavy atom. The molecule has 4 heteroatoms. The second-order valence-electron chi connectivity index (χ2n) is 2.94. The van der Waals surface area contributed by atoms with Gasteiger partial charge in [-0.05, 0) is 29.8 Å². The topological polar surface area (TPSA) is 27.1 Å². The van der Waals surface area contributed by atoms with Gasteiger partial charge in [0.15, 0.2) is 4.73 Å². The summed E-state index contributed by atoms with van der Waals surface area (Å²) in [6, 6.07) is 0. The molecule has 0 saturated carbocycles. The maximum absolute atomic E-state index is 5.44. The summed E-state index contributed by atoms with van der Waals surface area (Å²) in [4.78, 5) is 4.09. The smallest absolute Gasteiger partial charge is 0.177 e. The third-order valence-corrected chi connectivity index (χ3v) is 2.33. The molecule has 1 aromatic heterocycles. The largest absolute Gasteiger partial charge is 0.373 e. The van der Waals surface area contributed by atoms with Crippen molar-refractivity contribution in [2.24, 2.45) is 7.05 Å². The SMILES string of the molecule is CC(C)OCc1cnc(Br)n1C. The van der Waals surface area contributed by atoms with E-state index in [9.17, 15) is 0 Å². The van der Waals surface area contributed by atoms with E-state index in [0.717, 1.165) is 10.4 Å². The van der Waals surface area contributed by atoms with Gasteiger partial charge < -0.3 is 9.30 Å². The molecule has 12 heavy (non-hydrogen) atoms. The Kier molecular flexibility index (Phi) is 3.29. The van der Waals surface area contributed by atoms with Crippen molar-refractivity contribution in [2.75, 3.05) is 0 Å². The van der Waals surface area contributed by atoms with Gasteiger partial charge in [-0.25, -0.2) is 4.98 Å². The summed E-state index contributed by atoms with van der Waals surface area (Å²) in [5.41, 5.74) is 1.08. The predicted molar refractivity (Wildman–Crippen MR) is 50.8 cm³/mol. The highest BCUT2D eigenvalue weighted by molar-refractivity contribution is 9.10. The van der Waals surface area contributed by atoms with E-state index in [0.29, 0.717) is 6.61 Å². The standard InChI is InChI=1S/C8H13BrN2O/c1-6(2)12-5-7-4-10-8(9)11(7)3/h4,6H,5H2,1-3H3. The van der Waals surface area contributed by atoms with Crippen molar-refractivity contribution < 1.29 is 4.74 Å². The average Bonchev–Trinajstić information content (AvgIpc) is 2.30. The van der Waals surface area contributed by atoms with Crippen molar-refractivity contribution in [3.8, 4) is 0 Å². The summed E-state index contributed by atoms with van der Waals surface area (Å²) in [6.45, 7) is 4.66. The van der Waals surface area contributed by atoms with Crippen molar-refractivity contribution in [3.05, 3.63) is 16.6 Å². The minimum Gasteiger partial charge on any atom is -0.373 e. The molecule has 68 valence electrons. The number of rotatable bonds is 3. The zero-order valence-electron chi connectivity index (χ0n) is 7.54. The van der Waals surface area contributed by atoms with E-state index in [-0.39, 0.29) is 6.10 Å².